The van der Waals surface area contributed by atoms with Crippen LogP contribution in [0.1, 0.15) is 34.0 Å². The largest absolute Gasteiger partial charge is 0.385 e. The molecule has 2 aromatic carbocycles. The molecule has 0 atom stereocenters. The van der Waals surface area contributed by atoms with Crippen LogP contribution in [-0.4, -0.2) is 40.9 Å². The lowest BCUT2D eigenvalue weighted by Crippen LogP contribution is -2.26. The van der Waals surface area contributed by atoms with Crippen LogP contribution in [-0.2, 0) is 17.6 Å². The number of aromatic nitrogens is 3. The van der Waals surface area contributed by atoms with Gasteiger partial charge in [0.2, 0.25) is 5.82 Å². The zero-order chi connectivity index (χ0) is 19.8. The summed E-state index contributed by atoms with van der Waals surface area (Å²) in [5, 5.41) is 7.35. The van der Waals surface area contributed by atoms with Gasteiger partial charge in [0.15, 0.2) is 0 Å². The van der Waals surface area contributed by atoms with E-state index in [0.717, 1.165) is 29.9 Å². The summed E-state index contributed by atoms with van der Waals surface area (Å²) in [5.74, 6) is 0.710. The Labute approximate surface area is 165 Å². The lowest BCUT2D eigenvalue weighted by atomic mass is 10.1. The summed E-state index contributed by atoms with van der Waals surface area (Å²) in [6.45, 7) is 3.17. The molecular weight excluding hydrogens is 352 g/mol. The topological polar surface area (TPSA) is 69.0 Å². The molecule has 1 N–H and O–H groups in total. The molecule has 6 heteroatoms. The highest BCUT2D eigenvalue weighted by Gasteiger charge is 2.17. The van der Waals surface area contributed by atoms with Crippen molar-refractivity contribution in [3.63, 3.8) is 0 Å². The minimum Gasteiger partial charge on any atom is -0.385 e. The molecule has 1 amide bonds. The number of ether oxygens (including phenoxy) is 1. The van der Waals surface area contributed by atoms with Gasteiger partial charge in [-0.2, -0.15) is 0 Å². The summed E-state index contributed by atoms with van der Waals surface area (Å²) in [6, 6.07) is 18.3. The normalized spacial score (nSPS) is 10.8. The van der Waals surface area contributed by atoms with Crippen LogP contribution < -0.4 is 5.32 Å². The molecule has 1 heterocycles. The lowest BCUT2D eigenvalue weighted by Gasteiger charge is -2.07. The molecule has 146 valence electrons. The Morgan fingerprint density at radius 2 is 1.93 bits per heavy atom. The van der Waals surface area contributed by atoms with Crippen LogP contribution in [0.25, 0.3) is 5.69 Å². The van der Waals surface area contributed by atoms with Crippen molar-refractivity contribution in [2.75, 3.05) is 20.3 Å². The van der Waals surface area contributed by atoms with Crippen LogP contribution in [0.15, 0.2) is 54.6 Å². The minimum absolute atomic E-state index is 0.196. The smallest absolute Gasteiger partial charge is 0.290 e. The van der Waals surface area contributed by atoms with E-state index in [1.807, 2.05) is 49.4 Å². The molecule has 0 aliphatic heterocycles. The molecule has 0 saturated carbocycles. The average Bonchev–Trinajstić information content (AvgIpc) is 3.15. The number of methoxy groups -OCH3 is 1. The molecule has 0 bridgehead atoms. The van der Waals surface area contributed by atoms with Gasteiger partial charge in [0.25, 0.3) is 5.91 Å². The third kappa shape index (κ3) is 5.27. The fraction of sp³-hybridized carbons (Fsp3) is 0.318. The molecule has 0 unspecified atom stereocenters. The zero-order valence-electron chi connectivity index (χ0n) is 16.4. The number of nitrogens with zero attached hydrogens (tertiary/aromatic N) is 3. The van der Waals surface area contributed by atoms with Gasteiger partial charge >= 0.3 is 0 Å². The van der Waals surface area contributed by atoms with E-state index in [2.05, 4.69) is 27.5 Å². The van der Waals surface area contributed by atoms with Gasteiger partial charge in [-0.05, 0) is 43.0 Å². The van der Waals surface area contributed by atoms with Gasteiger partial charge in [-0.1, -0.05) is 42.5 Å². The second-order valence-electron chi connectivity index (χ2n) is 6.69. The van der Waals surface area contributed by atoms with Crippen LogP contribution in [0.4, 0.5) is 0 Å². The summed E-state index contributed by atoms with van der Waals surface area (Å²) in [7, 11) is 1.64. The zero-order valence-corrected chi connectivity index (χ0v) is 16.4. The van der Waals surface area contributed by atoms with Gasteiger partial charge in [-0.15, -0.1) is 5.10 Å². The van der Waals surface area contributed by atoms with Crippen LogP contribution >= 0.6 is 0 Å². The van der Waals surface area contributed by atoms with E-state index in [1.54, 1.807) is 11.8 Å². The molecule has 0 aliphatic carbocycles. The number of hydrogen-bond acceptors (Lipinski definition) is 4. The second kappa shape index (κ2) is 9.80. The fourth-order valence-electron chi connectivity index (χ4n) is 2.97. The Bertz CT molecular complexity index is 906. The van der Waals surface area contributed by atoms with E-state index < -0.39 is 0 Å². The highest BCUT2D eigenvalue weighted by molar-refractivity contribution is 5.90. The summed E-state index contributed by atoms with van der Waals surface area (Å²) >= 11 is 0. The highest BCUT2D eigenvalue weighted by atomic mass is 16.5. The van der Waals surface area contributed by atoms with Crippen molar-refractivity contribution in [2.24, 2.45) is 0 Å². The van der Waals surface area contributed by atoms with E-state index in [4.69, 9.17) is 4.74 Å². The fourth-order valence-corrected chi connectivity index (χ4v) is 2.97. The number of hydrogen-bond donors (Lipinski definition) is 1. The van der Waals surface area contributed by atoms with Crippen molar-refractivity contribution < 1.29 is 9.53 Å². The van der Waals surface area contributed by atoms with Gasteiger partial charge < -0.3 is 10.1 Å². The average molecular weight is 378 g/mol. The number of carbonyl (C=O) groups is 1. The molecule has 28 heavy (non-hydrogen) atoms. The summed E-state index contributed by atoms with van der Waals surface area (Å²) in [6.07, 6.45) is 2.28. The molecule has 0 saturated heterocycles. The molecule has 0 radical (unpaired) electrons. The first-order chi connectivity index (χ1) is 13.7. The third-order valence-electron chi connectivity index (χ3n) is 4.41. The Kier molecular flexibility index (Phi) is 6.92. The number of aryl methyl sites for hydroxylation is 3. The minimum atomic E-state index is -0.261. The quantitative estimate of drug-likeness (QED) is 0.581. The number of nitrogens with one attached hydrogen (secondary N) is 1. The van der Waals surface area contributed by atoms with Gasteiger partial charge in [-0.25, -0.2) is 9.67 Å². The number of benzene rings is 2. The Morgan fingerprint density at radius 3 is 2.68 bits per heavy atom. The van der Waals surface area contributed by atoms with Crippen molar-refractivity contribution in [3.8, 4) is 5.69 Å². The maximum Gasteiger partial charge on any atom is 0.290 e. The molecule has 0 aliphatic rings. The lowest BCUT2D eigenvalue weighted by molar-refractivity contribution is 0.0938. The van der Waals surface area contributed by atoms with Gasteiger partial charge in [-0.3, -0.25) is 4.79 Å². The van der Waals surface area contributed by atoms with Gasteiger partial charge in [0.1, 0.15) is 5.82 Å². The number of amides is 1. The van der Waals surface area contributed by atoms with Gasteiger partial charge in [0, 0.05) is 26.7 Å². The van der Waals surface area contributed by atoms with Crippen molar-refractivity contribution in [2.45, 2.75) is 26.2 Å². The maximum atomic E-state index is 12.5. The Morgan fingerprint density at radius 1 is 1.11 bits per heavy atom. The first-order valence-corrected chi connectivity index (χ1v) is 9.51. The SMILES string of the molecule is COCCCNC(=O)c1nc(CCc2ccccc2)n(-c2cccc(C)c2)n1. The predicted octanol–water partition coefficient (Wildman–Crippen LogP) is 3.13. The van der Waals surface area contributed by atoms with Crippen molar-refractivity contribution >= 4 is 5.91 Å². The Balaban J connectivity index is 1.81. The number of rotatable bonds is 9. The van der Waals surface area contributed by atoms with Crippen LogP contribution in [0.3, 0.4) is 0 Å². The highest BCUT2D eigenvalue weighted by Crippen LogP contribution is 2.14. The molecular formula is C22H26N4O2. The van der Waals surface area contributed by atoms with Crippen molar-refractivity contribution in [1.29, 1.82) is 0 Å². The van der Waals surface area contributed by atoms with Crippen molar-refractivity contribution in [1.82, 2.24) is 20.1 Å². The first-order valence-electron chi connectivity index (χ1n) is 9.51. The van der Waals surface area contributed by atoms with Crippen molar-refractivity contribution in [3.05, 3.63) is 77.4 Å². The molecule has 0 spiro atoms. The maximum absolute atomic E-state index is 12.5. The van der Waals surface area contributed by atoms with E-state index >= 15 is 0 Å². The second-order valence-corrected chi connectivity index (χ2v) is 6.69. The Hall–Kier alpha value is -2.99. The summed E-state index contributed by atoms with van der Waals surface area (Å²) in [5.41, 5.74) is 3.27. The standard InChI is InChI=1S/C22H26N4O2/c1-17-8-6-11-19(16-17)26-20(13-12-18-9-4-3-5-10-18)24-21(25-26)22(27)23-14-7-15-28-2/h3-6,8-11,16H,7,12-15H2,1-2H3,(H,23,27). The van der Waals surface area contributed by atoms with Crippen LogP contribution in [0.5, 0.6) is 0 Å². The van der Waals surface area contributed by atoms with E-state index in [9.17, 15) is 4.79 Å². The van der Waals surface area contributed by atoms with E-state index in [1.165, 1.54) is 5.56 Å². The summed E-state index contributed by atoms with van der Waals surface area (Å²) < 4.78 is 6.79. The van der Waals surface area contributed by atoms with Crippen LogP contribution in [0.2, 0.25) is 0 Å². The van der Waals surface area contributed by atoms with Crippen LogP contribution in [0, 0.1) is 6.92 Å². The molecule has 3 rings (SSSR count). The monoisotopic (exact) mass is 378 g/mol. The summed E-state index contributed by atoms with van der Waals surface area (Å²) in [4.78, 5) is 17.0. The molecule has 3 aromatic rings. The number of carbonyl (C=O) groups excluding carboxylic acids is 1. The molecule has 0 fully saturated rings. The first kappa shape index (κ1) is 19.8. The van der Waals surface area contributed by atoms with Gasteiger partial charge in [0.05, 0.1) is 5.69 Å². The van der Waals surface area contributed by atoms with E-state index in [0.29, 0.717) is 19.6 Å². The van der Waals surface area contributed by atoms with E-state index in [-0.39, 0.29) is 11.7 Å². The predicted molar refractivity (Wildman–Crippen MR) is 109 cm³/mol. The third-order valence-corrected chi connectivity index (χ3v) is 4.41. The molecule has 1 aromatic heterocycles. The molecule has 6 nitrogen and oxygen atoms in total.